The van der Waals surface area contributed by atoms with Crippen LogP contribution >= 0.6 is 0 Å². The number of likely N-dealkylation sites (tertiary alicyclic amines) is 1. The van der Waals surface area contributed by atoms with Gasteiger partial charge in [-0.25, -0.2) is 4.68 Å². The quantitative estimate of drug-likeness (QED) is 0.480. The van der Waals surface area contributed by atoms with Crippen molar-refractivity contribution in [2.24, 2.45) is 7.05 Å². The zero-order valence-corrected chi connectivity index (χ0v) is 11.6. The summed E-state index contributed by atoms with van der Waals surface area (Å²) in [4.78, 5) is 13.1. The predicted molar refractivity (Wildman–Crippen MR) is 73.4 cm³/mol. The van der Waals surface area contributed by atoms with E-state index in [1.807, 2.05) is 0 Å². The Morgan fingerprint density at radius 2 is 2.11 bits per heavy atom. The molecule has 1 fully saturated rings. The van der Waals surface area contributed by atoms with Crippen LogP contribution < -0.4 is 5.32 Å². The van der Waals surface area contributed by atoms with E-state index in [9.17, 15) is 10.1 Å². The molecule has 1 N–H and O–H groups in total. The minimum Gasteiger partial charge on any atom is -0.364 e. The normalized spacial score (nSPS) is 15.9. The first-order chi connectivity index (χ1) is 9.09. The van der Waals surface area contributed by atoms with Crippen LogP contribution in [0, 0.1) is 17.0 Å². The standard InChI is InChI=1S/C12H21N5O2/c1-10-11(17(18)19)12(15(2)14-10)13-6-5-9-16-7-3-4-8-16/h13H,3-9H2,1-2H3. The number of nitrogens with one attached hydrogen (secondary N) is 1. The van der Waals surface area contributed by atoms with Crippen LogP contribution in [-0.4, -0.2) is 45.8 Å². The zero-order chi connectivity index (χ0) is 13.8. The summed E-state index contributed by atoms with van der Waals surface area (Å²) in [5, 5.41) is 18.2. The molecule has 0 radical (unpaired) electrons. The van der Waals surface area contributed by atoms with Crippen molar-refractivity contribution in [2.45, 2.75) is 26.2 Å². The Labute approximate surface area is 112 Å². The Hall–Kier alpha value is -1.63. The summed E-state index contributed by atoms with van der Waals surface area (Å²) in [6, 6.07) is 0. The minimum absolute atomic E-state index is 0.0867. The minimum atomic E-state index is -0.370. The Morgan fingerprint density at radius 1 is 1.42 bits per heavy atom. The predicted octanol–water partition coefficient (Wildman–Crippen LogP) is 1.53. The van der Waals surface area contributed by atoms with Crippen molar-refractivity contribution in [3.05, 3.63) is 15.8 Å². The van der Waals surface area contributed by atoms with Gasteiger partial charge in [0, 0.05) is 13.6 Å². The topological polar surface area (TPSA) is 76.2 Å². The smallest absolute Gasteiger partial charge is 0.333 e. The van der Waals surface area contributed by atoms with Gasteiger partial charge < -0.3 is 10.2 Å². The molecule has 1 aromatic rings. The van der Waals surface area contributed by atoms with E-state index in [0.717, 1.165) is 19.5 Å². The van der Waals surface area contributed by atoms with E-state index in [1.54, 1.807) is 18.7 Å². The van der Waals surface area contributed by atoms with Crippen molar-refractivity contribution in [2.75, 3.05) is 31.5 Å². The molecule has 0 bridgehead atoms. The molecule has 1 aliphatic rings. The Bertz CT molecular complexity index is 451. The highest BCUT2D eigenvalue weighted by Crippen LogP contribution is 2.27. The lowest BCUT2D eigenvalue weighted by atomic mass is 10.3. The summed E-state index contributed by atoms with van der Waals surface area (Å²) in [5.41, 5.74) is 0.540. The van der Waals surface area contributed by atoms with E-state index < -0.39 is 0 Å². The number of nitrogens with zero attached hydrogens (tertiary/aromatic N) is 4. The van der Waals surface area contributed by atoms with E-state index in [1.165, 1.54) is 25.9 Å². The molecule has 19 heavy (non-hydrogen) atoms. The van der Waals surface area contributed by atoms with Crippen LogP contribution in [0.3, 0.4) is 0 Å². The van der Waals surface area contributed by atoms with Gasteiger partial charge in [0.15, 0.2) is 0 Å². The maximum Gasteiger partial charge on any atom is 0.333 e. The number of rotatable bonds is 6. The highest BCUT2D eigenvalue weighted by Gasteiger charge is 2.23. The second-order valence-corrected chi connectivity index (χ2v) is 4.99. The lowest BCUT2D eigenvalue weighted by Gasteiger charge is -2.14. The number of aromatic nitrogens is 2. The molecule has 0 spiro atoms. The third kappa shape index (κ3) is 3.23. The molecule has 0 saturated carbocycles. The maximum atomic E-state index is 11.0. The summed E-state index contributed by atoms with van der Waals surface area (Å²) >= 11 is 0. The molecule has 0 aliphatic carbocycles. The third-order valence-corrected chi connectivity index (χ3v) is 3.52. The lowest BCUT2D eigenvalue weighted by molar-refractivity contribution is -0.384. The molecule has 0 aromatic carbocycles. The fraction of sp³-hybridized carbons (Fsp3) is 0.750. The van der Waals surface area contributed by atoms with Crippen LogP contribution in [-0.2, 0) is 7.05 Å². The van der Waals surface area contributed by atoms with Gasteiger partial charge in [0.25, 0.3) is 0 Å². The van der Waals surface area contributed by atoms with Crippen LogP contribution in [0.2, 0.25) is 0 Å². The maximum absolute atomic E-state index is 11.0. The SMILES string of the molecule is Cc1nn(C)c(NCCCN2CCCC2)c1[N+](=O)[O-]. The van der Waals surface area contributed by atoms with Crippen molar-refractivity contribution in [3.63, 3.8) is 0 Å². The Kier molecular flexibility index (Phi) is 4.36. The summed E-state index contributed by atoms with van der Waals surface area (Å²) < 4.78 is 1.54. The molecule has 2 rings (SSSR count). The molecule has 7 nitrogen and oxygen atoms in total. The number of aryl methyl sites for hydroxylation is 2. The summed E-state index contributed by atoms with van der Waals surface area (Å²) in [7, 11) is 1.73. The summed E-state index contributed by atoms with van der Waals surface area (Å²) in [5.74, 6) is 0.504. The summed E-state index contributed by atoms with van der Waals surface area (Å²) in [6.45, 7) is 5.82. The lowest BCUT2D eigenvalue weighted by Crippen LogP contribution is -2.22. The first-order valence-corrected chi connectivity index (χ1v) is 6.74. The van der Waals surface area contributed by atoms with Crippen molar-refractivity contribution >= 4 is 11.5 Å². The molecule has 1 saturated heterocycles. The van der Waals surface area contributed by atoms with Gasteiger partial charge >= 0.3 is 5.69 Å². The second kappa shape index (κ2) is 6.01. The summed E-state index contributed by atoms with van der Waals surface area (Å²) in [6.07, 6.45) is 3.57. The van der Waals surface area contributed by atoms with Gasteiger partial charge in [-0.15, -0.1) is 0 Å². The second-order valence-electron chi connectivity index (χ2n) is 4.99. The number of anilines is 1. The molecule has 1 aromatic heterocycles. The number of hydrogen-bond acceptors (Lipinski definition) is 5. The highest BCUT2D eigenvalue weighted by molar-refractivity contribution is 5.59. The molecule has 2 heterocycles. The van der Waals surface area contributed by atoms with E-state index in [-0.39, 0.29) is 10.6 Å². The Morgan fingerprint density at radius 3 is 2.74 bits per heavy atom. The van der Waals surface area contributed by atoms with Crippen LogP contribution in [0.1, 0.15) is 25.0 Å². The fourth-order valence-corrected chi connectivity index (χ4v) is 2.58. The van der Waals surface area contributed by atoms with E-state index >= 15 is 0 Å². The molecule has 106 valence electrons. The van der Waals surface area contributed by atoms with E-state index in [2.05, 4.69) is 15.3 Å². The molecule has 0 amide bonds. The molecule has 0 atom stereocenters. The molecule has 0 unspecified atom stereocenters. The molecular weight excluding hydrogens is 246 g/mol. The Balaban J connectivity index is 1.86. The van der Waals surface area contributed by atoms with Crippen LogP contribution in [0.4, 0.5) is 11.5 Å². The van der Waals surface area contributed by atoms with Gasteiger partial charge in [-0.3, -0.25) is 10.1 Å². The van der Waals surface area contributed by atoms with Gasteiger partial charge in [0.2, 0.25) is 5.82 Å². The van der Waals surface area contributed by atoms with Gasteiger partial charge in [-0.1, -0.05) is 0 Å². The van der Waals surface area contributed by atoms with Crippen molar-refractivity contribution in [3.8, 4) is 0 Å². The van der Waals surface area contributed by atoms with Crippen LogP contribution in [0.15, 0.2) is 0 Å². The highest BCUT2D eigenvalue weighted by atomic mass is 16.6. The van der Waals surface area contributed by atoms with Crippen LogP contribution in [0.25, 0.3) is 0 Å². The third-order valence-electron chi connectivity index (χ3n) is 3.52. The van der Waals surface area contributed by atoms with Crippen molar-refractivity contribution < 1.29 is 4.92 Å². The average Bonchev–Trinajstić information content (AvgIpc) is 2.93. The monoisotopic (exact) mass is 267 g/mol. The van der Waals surface area contributed by atoms with Gasteiger partial charge in [0.05, 0.1) is 4.92 Å². The number of hydrogen-bond donors (Lipinski definition) is 1. The largest absolute Gasteiger partial charge is 0.364 e. The van der Waals surface area contributed by atoms with Gasteiger partial charge in [-0.05, 0) is 45.8 Å². The van der Waals surface area contributed by atoms with Gasteiger partial charge in [0.1, 0.15) is 5.69 Å². The molecule has 7 heteroatoms. The van der Waals surface area contributed by atoms with Crippen molar-refractivity contribution in [1.29, 1.82) is 0 Å². The van der Waals surface area contributed by atoms with E-state index in [4.69, 9.17) is 0 Å². The van der Waals surface area contributed by atoms with Gasteiger partial charge in [-0.2, -0.15) is 5.10 Å². The first kappa shape index (κ1) is 13.8. The first-order valence-electron chi connectivity index (χ1n) is 6.74. The zero-order valence-electron chi connectivity index (χ0n) is 11.6. The fourth-order valence-electron chi connectivity index (χ4n) is 2.58. The molecule has 1 aliphatic heterocycles. The average molecular weight is 267 g/mol. The number of nitro groups is 1. The van der Waals surface area contributed by atoms with Crippen molar-refractivity contribution in [1.82, 2.24) is 14.7 Å². The van der Waals surface area contributed by atoms with Crippen LogP contribution in [0.5, 0.6) is 0 Å². The van der Waals surface area contributed by atoms with E-state index in [0.29, 0.717) is 11.5 Å². The molecular formula is C12H21N5O2.